The van der Waals surface area contributed by atoms with Crippen LogP contribution in [0, 0.1) is 5.92 Å². The third-order valence-corrected chi connectivity index (χ3v) is 5.33. The second-order valence-electron chi connectivity index (χ2n) is 7.09. The molecule has 2 aliphatic rings. The predicted octanol–water partition coefficient (Wildman–Crippen LogP) is 2.57. The number of piperidine rings is 1. The Hall–Kier alpha value is -2.27. The van der Waals surface area contributed by atoms with E-state index in [1.54, 1.807) is 12.1 Å². The molecule has 3 heterocycles. The average Bonchev–Trinajstić information content (AvgIpc) is 2.60. The summed E-state index contributed by atoms with van der Waals surface area (Å²) in [4.78, 5) is 14.5. The molecule has 1 saturated heterocycles. The normalized spacial score (nSPS) is 22.4. The summed E-state index contributed by atoms with van der Waals surface area (Å²) in [5.74, 6) is 1.67. The van der Waals surface area contributed by atoms with Crippen molar-refractivity contribution in [2.75, 3.05) is 19.7 Å². The lowest BCUT2D eigenvalue weighted by Gasteiger charge is -2.42. The van der Waals surface area contributed by atoms with Crippen LogP contribution in [0.4, 0.5) is 0 Å². The number of fused-ring (bicyclic) bond motifs is 4. The first-order valence-corrected chi connectivity index (χ1v) is 9.01. The monoisotopic (exact) mass is 340 g/mol. The molecule has 2 atom stereocenters. The highest BCUT2D eigenvalue weighted by Gasteiger charge is 2.34. The first-order valence-electron chi connectivity index (χ1n) is 9.01. The molecule has 0 aliphatic carbocycles. The number of rotatable bonds is 4. The third kappa shape index (κ3) is 3.04. The highest BCUT2D eigenvalue weighted by Crippen LogP contribution is 2.37. The summed E-state index contributed by atoms with van der Waals surface area (Å²) in [7, 11) is 0. The van der Waals surface area contributed by atoms with E-state index < -0.39 is 0 Å². The van der Waals surface area contributed by atoms with Gasteiger partial charge in [-0.1, -0.05) is 18.2 Å². The van der Waals surface area contributed by atoms with Crippen LogP contribution in [0.1, 0.15) is 30.5 Å². The molecule has 0 amide bonds. The van der Waals surface area contributed by atoms with Crippen molar-refractivity contribution >= 4 is 0 Å². The van der Waals surface area contributed by atoms with Crippen molar-refractivity contribution in [2.45, 2.75) is 32.4 Å². The summed E-state index contributed by atoms with van der Waals surface area (Å²) in [5.41, 5.74) is 2.17. The Labute approximate surface area is 147 Å². The molecule has 1 fully saturated rings. The van der Waals surface area contributed by atoms with Crippen LogP contribution in [0.3, 0.4) is 0 Å². The van der Waals surface area contributed by atoms with Gasteiger partial charge in [0.15, 0.2) is 11.5 Å². The summed E-state index contributed by atoms with van der Waals surface area (Å²) in [6.45, 7) is 5.82. The van der Waals surface area contributed by atoms with Crippen LogP contribution in [-0.4, -0.2) is 34.3 Å². The van der Waals surface area contributed by atoms with E-state index in [-0.39, 0.29) is 11.3 Å². The lowest BCUT2D eigenvalue weighted by Crippen LogP contribution is -2.46. The topological polar surface area (TPSA) is 54.7 Å². The Morgan fingerprint density at radius 1 is 1.16 bits per heavy atom. The van der Waals surface area contributed by atoms with Gasteiger partial charge in [0.1, 0.15) is 0 Å². The summed E-state index contributed by atoms with van der Waals surface area (Å²) in [6, 6.07) is 11.3. The zero-order chi connectivity index (χ0) is 17.4. The van der Waals surface area contributed by atoms with E-state index in [9.17, 15) is 9.90 Å². The zero-order valence-electron chi connectivity index (χ0n) is 14.5. The van der Waals surface area contributed by atoms with Crippen molar-refractivity contribution in [1.82, 2.24) is 9.47 Å². The molecule has 1 aromatic carbocycles. The number of aromatic nitrogens is 1. The fraction of sp³-hybridized carbons (Fsp3) is 0.450. The first-order chi connectivity index (χ1) is 12.2. The Morgan fingerprint density at radius 3 is 2.84 bits per heavy atom. The summed E-state index contributed by atoms with van der Waals surface area (Å²) in [5, 5.41) is 10.5. The van der Waals surface area contributed by atoms with Crippen molar-refractivity contribution in [3.63, 3.8) is 0 Å². The number of phenols is 1. The van der Waals surface area contributed by atoms with Crippen molar-refractivity contribution in [1.29, 1.82) is 0 Å². The number of likely N-dealkylation sites (tertiary alicyclic amines) is 1. The van der Waals surface area contributed by atoms with Gasteiger partial charge >= 0.3 is 0 Å². The number of ether oxygens (including phenoxy) is 1. The maximum absolute atomic E-state index is 12.1. The van der Waals surface area contributed by atoms with Gasteiger partial charge < -0.3 is 14.4 Å². The fourth-order valence-corrected chi connectivity index (χ4v) is 4.33. The van der Waals surface area contributed by atoms with E-state index in [0.717, 1.165) is 37.3 Å². The van der Waals surface area contributed by atoms with Crippen LogP contribution < -0.4 is 10.3 Å². The highest BCUT2D eigenvalue weighted by atomic mass is 16.5. The van der Waals surface area contributed by atoms with Gasteiger partial charge in [-0.2, -0.15) is 0 Å². The summed E-state index contributed by atoms with van der Waals surface area (Å²) in [6.07, 6.45) is 1.14. The smallest absolute Gasteiger partial charge is 0.250 e. The molecule has 0 spiro atoms. The van der Waals surface area contributed by atoms with Gasteiger partial charge in [0.2, 0.25) is 0 Å². The van der Waals surface area contributed by atoms with Crippen molar-refractivity contribution < 1.29 is 9.84 Å². The minimum absolute atomic E-state index is 0.114. The molecule has 2 aromatic rings. The predicted molar refractivity (Wildman–Crippen MR) is 96.1 cm³/mol. The number of hydrogen-bond acceptors (Lipinski definition) is 4. The maximum Gasteiger partial charge on any atom is 0.250 e. The number of pyridine rings is 1. The average molecular weight is 340 g/mol. The molecule has 2 aliphatic heterocycles. The molecule has 2 bridgehead atoms. The van der Waals surface area contributed by atoms with E-state index in [1.807, 2.05) is 29.7 Å². The van der Waals surface area contributed by atoms with E-state index in [2.05, 4.69) is 11.0 Å². The van der Waals surface area contributed by atoms with Gasteiger partial charge in [-0.25, -0.2) is 0 Å². The molecule has 0 saturated carbocycles. The molecule has 5 nitrogen and oxygen atoms in total. The maximum atomic E-state index is 12.1. The number of hydrogen-bond donors (Lipinski definition) is 1. The largest absolute Gasteiger partial charge is 0.504 e. The Kier molecular flexibility index (Phi) is 4.25. The Morgan fingerprint density at radius 2 is 2.00 bits per heavy atom. The minimum Gasteiger partial charge on any atom is -0.504 e. The van der Waals surface area contributed by atoms with Gasteiger partial charge in [0, 0.05) is 49.4 Å². The zero-order valence-corrected chi connectivity index (χ0v) is 14.5. The van der Waals surface area contributed by atoms with Gasteiger partial charge in [0.25, 0.3) is 5.56 Å². The lowest BCUT2D eigenvalue weighted by molar-refractivity contribution is 0.113. The van der Waals surface area contributed by atoms with Gasteiger partial charge in [-0.3, -0.25) is 9.69 Å². The van der Waals surface area contributed by atoms with Gasteiger partial charge in [-0.05, 0) is 31.4 Å². The molecule has 0 radical (unpaired) electrons. The van der Waals surface area contributed by atoms with Crippen molar-refractivity contribution in [3.8, 4) is 11.5 Å². The molecular weight excluding hydrogens is 316 g/mol. The molecule has 25 heavy (non-hydrogen) atoms. The van der Waals surface area contributed by atoms with Crippen LogP contribution in [0.25, 0.3) is 0 Å². The Bertz CT molecular complexity index is 830. The van der Waals surface area contributed by atoms with E-state index in [4.69, 9.17) is 4.74 Å². The number of benzene rings is 1. The first kappa shape index (κ1) is 16.2. The standard InChI is InChI=1S/C20H24N2O3/c1-2-25-18-7-3-5-15(20(18)24)12-21-10-14-9-16(13-21)17-6-4-8-19(23)22(17)11-14/h3-8,14,16,24H,2,9-13H2,1H3/t14-,16+/m0/s1. The van der Waals surface area contributed by atoms with Crippen LogP contribution in [0.15, 0.2) is 41.2 Å². The molecule has 4 rings (SSSR count). The van der Waals surface area contributed by atoms with Crippen molar-refractivity contribution in [3.05, 3.63) is 58.0 Å². The van der Waals surface area contributed by atoms with Crippen LogP contribution in [-0.2, 0) is 13.1 Å². The number of para-hydroxylation sites is 1. The number of nitrogens with zero attached hydrogens (tertiary/aromatic N) is 2. The van der Waals surface area contributed by atoms with Gasteiger partial charge in [-0.15, -0.1) is 0 Å². The van der Waals surface area contributed by atoms with E-state index in [0.29, 0.717) is 30.7 Å². The molecule has 5 heteroatoms. The fourth-order valence-electron chi connectivity index (χ4n) is 4.33. The molecule has 1 N–H and O–H groups in total. The lowest BCUT2D eigenvalue weighted by atomic mass is 9.83. The number of phenolic OH excluding ortho intramolecular Hbond substituents is 1. The van der Waals surface area contributed by atoms with E-state index >= 15 is 0 Å². The summed E-state index contributed by atoms with van der Waals surface area (Å²) < 4.78 is 7.44. The van der Waals surface area contributed by atoms with Crippen molar-refractivity contribution in [2.24, 2.45) is 5.92 Å². The highest BCUT2D eigenvalue weighted by molar-refractivity contribution is 5.45. The molecule has 1 aromatic heterocycles. The number of aromatic hydroxyl groups is 1. The van der Waals surface area contributed by atoms with Crippen LogP contribution >= 0.6 is 0 Å². The molecular formula is C20H24N2O3. The van der Waals surface area contributed by atoms with Gasteiger partial charge in [0.05, 0.1) is 6.61 Å². The molecule has 132 valence electrons. The summed E-state index contributed by atoms with van der Waals surface area (Å²) >= 11 is 0. The van der Waals surface area contributed by atoms with Crippen LogP contribution in [0.5, 0.6) is 11.5 Å². The molecule has 0 unspecified atom stereocenters. The second-order valence-corrected chi connectivity index (χ2v) is 7.09. The SMILES string of the molecule is CCOc1cccc(CN2C[C@@H]3C[C@H](C2)c2cccc(=O)n2C3)c1O. The second kappa shape index (κ2) is 6.56. The van der Waals surface area contributed by atoms with E-state index in [1.165, 1.54) is 0 Å². The Balaban J connectivity index is 1.55. The van der Waals surface area contributed by atoms with Crippen LogP contribution in [0.2, 0.25) is 0 Å². The third-order valence-electron chi connectivity index (χ3n) is 5.33. The minimum atomic E-state index is 0.114. The quantitative estimate of drug-likeness (QED) is 0.929.